The lowest BCUT2D eigenvalue weighted by molar-refractivity contribution is -0.384. The maximum atomic E-state index is 12.1. The minimum Gasteiger partial charge on any atom is -0.486 e. The van der Waals surface area contributed by atoms with Gasteiger partial charge in [-0.3, -0.25) is 14.9 Å². The summed E-state index contributed by atoms with van der Waals surface area (Å²) in [5.41, 5.74) is 2.28. The first-order chi connectivity index (χ1) is 11.6. The summed E-state index contributed by atoms with van der Waals surface area (Å²) in [4.78, 5) is 22.7. The molecule has 0 radical (unpaired) electrons. The van der Waals surface area contributed by atoms with Crippen LogP contribution < -0.4 is 14.8 Å². The maximum absolute atomic E-state index is 12.1. The molecule has 0 aromatic heterocycles. The van der Waals surface area contributed by atoms with Crippen molar-refractivity contribution in [1.82, 2.24) is 0 Å². The van der Waals surface area contributed by atoms with Crippen LogP contribution in [0.2, 0.25) is 0 Å². The molecule has 2 aliphatic rings. The summed E-state index contributed by atoms with van der Waals surface area (Å²) in [5, 5.41) is 13.9. The van der Waals surface area contributed by atoms with Gasteiger partial charge in [-0.2, -0.15) is 0 Å². The number of non-ortho nitro benzene ring substituents is 1. The highest BCUT2D eigenvalue weighted by molar-refractivity contribution is 5.96. The van der Waals surface area contributed by atoms with Crippen LogP contribution in [0.25, 0.3) is 0 Å². The van der Waals surface area contributed by atoms with Crippen molar-refractivity contribution in [2.75, 3.05) is 18.5 Å². The molecule has 2 heterocycles. The number of carbonyl (C=O) groups is 1. The van der Waals surface area contributed by atoms with E-state index in [1.807, 2.05) is 6.07 Å². The zero-order valence-corrected chi connectivity index (χ0v) is 12.7. The van der Waals surface area contributed by atoms with E-state index in [-0.39, 0.29) is 23.9 Å². The van der Waals surface area contributed by atoms with Gasteiger partial charge in [0, 0.05) is 36.2 Å². The summed E-state index contributed by atoms with van der Waals surface area (Å²) in [7, 11) is 0. The van der Waals surface area contributed by atoms with Gasteiger partial charge in [0.15, 0.2) is 11.5 Å². The molecular weight excluding hydrogens is 312 g/mol. The number of carbonyl (C=O) groups excluding carboxylic acids is 1. The Morgan fingerprint density at radius 1 is 1.12 bits per heavy atom. The highest BCUT2D eigenvalue weighted by atomic mass is 16.6. The van der Waals surface area contributed by atoms with E-state index in [1.165, 1.54) is 12.1 Å². The van der Waals surface area contributed by atoms with E-state index in [9.17, 15) is 14.9 Å². The molecule has 0 bridgehead atoms. The standard InChI is InChI=1S/C17H14N2O5/c20-17-8-12(10-2-1-3-11(6-10)19(21)22)13-7-15-16(9-14(13)18-17)24-5-4-23-15/h1-3,6-7,9,12H,4-5,8H2,(H,18,20)/t12-/m1/s1. The highest BCUT2D eigenvalue weighted by Crippen LogP contribution is 2.44. The molecule has 7 nitrogen and oxygen atoms in total. The number of anilines is 1. The lowest BCUT2D eigenvalue weighted by Gasteiger charge is -2.28. The Bertz CT molecular complexity index is 849. The molecule has 2 aromatic carbocycles. The number of fused-ring (bicyclic) bond motifs is 2. The number of hydrogen-bond acceptors (Lipinski definition) is 5. The number of nitrogens with one attached hydrogen (secondary N) is 1. The number of nitro benzene ring substituents is 1. The van der Waals surface area contributed by atoms with E-state index < -0.39 is 4.92 Å². The van der Waals surface area contributed by atoms with Crippen LogP contribution in [0.4, 0.5) is 11.4 Å². The Morgan fingerprint density at radius 3 is 2.62 bits per heavy atom. The Labute approximate surface area is 137 Å². The molecule has 0 spiro atoms. The predicted molar refractivity (Wildman–Crippen MR) is 85.6 cm³/mol. The highest BCUT2D eigenvalue weighted by Gasteiger charge is 2.30. The first-order valence-corrected chi connectivity index (χ1v) is 7.59. The van der Waals surface area contributed by atoms with Crippen molar-refractivity contribution in [1.29, 1.82) is 0 Å². The van der Waals surface area contributed by atoms with Crippen LogP contribution in [0, 0.1) is 10.1 Å². The van der Waals surface area contributed by atoms with E-state index in [1.54, 1.807) is 18.2 Å². The van der Waals surface area contributed by atoms with Crippen LogP contribution in [-0.4, -0.2) is 24.0 Å². The van der Waals surface area contributed by atoms with Crippen LogP contribution >= 0.6 is 0 Å². The summed E-state index contributed by atoms with van der Waals surface area (Å²) in [6, 6.07) is 10.0. The largest absolute Gasteiger partial charge is 0.486 e. The number of amides is 1. The van der Waals surface area contributed by atoms with E-state index in [0.717, 1.165) is 11.1 Å². The van der Waals surface area contributed by atoms with Crippen LogP contribution in [0.1, 0.15) is 23.5 Å². The average Bonchev–Trinajstić information content (AvgIpc) is 2.59. The fraction of sp³-hybridized carbons (Fsp3) is 0.235. The van der Waals surface area contributed by atoms with Crippen LogP contribution in [-0.2, 0) is 4.79 Å². The maximum Gasteiger partial charge on any atom is 0.269 e. The van der Waals surface area contributed by atoms with Crippen molar-refractivity contribution in [2.24, 2.45) is 0 Å². The van der Waals surface area contributed by atoms with Gasteiger partial charge in [0.1, 0.15) is 13.2 Å². The molecule has 0 saturated heterocycles. The molecular formula is C17H14N2O5. The molecule has 4 rings (SSSR count). The smallest absolute Gasteiger partial charge is 0.269 e. The van der Waals surface area contributed by atoms with Crippen LogP contribution in [0.5, 0.6) is 11.5 Å². The molecule has 0 saturated carbocycles. The molecule has 24 heavy (non-hydrogen) atoms. The zero-order valence-electron chi connectivity index (χ0n) is 12.7. The molecule has 7 heteroatoms. The van der Waals surface area contributed by atoms with Gasteiger partial charge in [0.2, 0.25) is 5.91 Å². The Morgan fingerprint density at radius 2 is 1.88 bits per heavy atom. The molecule has 1 N–H and O–H groups in total. The van der Waals surface area contributed by atoms with Crippen LogP contribution in [0.15, 0.2) is 36.4 Å². The fourth-order valence-electron chi connectivity index (χ4n) is 3.15. The second-order valence-corrected chi connectivity index (χ2v) is 5.74. The Hall–Kier alpha value is -3.09. The molecule has 0 unspecified atom stereocenters. The monoisotopic (exact) mass is 326 g/mol. The molecule has 2 aromatic rings. The molecule has 2 aliphatic heterocycles. The lowest BCUT2D eigenvalue weighted by Crippen LogP contribution is -2.24. The molecule has 1 atom stereocenters. The third-order valence-corrected chi connectivity index (χ3v) is 4.24. The van der Waals surface area contributed by atoms with E-state index in [0.29, 0.717) is 30.4 Å². The van der Waals surface area contributed by atoms with Gasteiger partial charge in [0.05, 0.1) is 4.92 Å². The number of rotatable bonds is 2. The normalized spacial score (nSPS) is 18.5. The van der Waals surface area contributed by atoms with Crippen LogP contribution in [0.3, 0.4) is 0 Å². The number of nitro groups is 1. The average molecular weight is 326 g/mol. The molecule has 1 amide bonds. The third kappa shape index (κ3) is 2.44. The molecule has 122 valence electrons. The SMILES string of the molecule is O=C1C[C@H](c2cccc([N+](=O)[O-])c2)c2cc3c(cc2N1)OCCO3. The topological polar surface area (TPSA) is 90.7 Å². The van der Waals surface area contributed by atoms with Gasteiger partial charge in [-0.15, -0.1) is 0 Å². The third-order valence-electron chi connectivity index (χ3n) is 4.24. The summed E-state index contributed by atoms with van der Waals surface area (Å²) in [5.74, 6) is 0.840. The van der Waals surface area contributed by atoms with E-state index in [4.69, 9.17) is 9.47 Å². The van der Waals surface area contributed by atoms with Crippen molar-refractivity contribution in [3.63, 3.8) is 0 Å². The molecule has 0 fully saturated rings. The number of nitrogens with zero attached hydrogens (tertiary/aromatic N) is 1. The predicted octanol–water partition coefficient (Wildman–Crippen LogP) is 2.84. The van der Waals surface area contributed by atoms with Gasteiger partial charge in [-0.1, -0.05) is 12.1 Å². The summed E-state index contributed by atoms with van der Waals surface area (Å²) in [6.45, 7) is 0.938. The fourth-order valence-corrected chi connectivity index (χ4v) is 3.15. The van der Waals surface area contributed by atoms with Gasteiger partial charge >= 0.3 is 0 Å². The summed E-state index contributed by atoms with van der Waals surface area (Å²) >= 11 is 0. The van der Waals surface area contributed by atoms with Gasteiger partial charge in [-0.25, -0.2) is 0 Å². The Kier molecular flexibility index (Phi) is 3.34. The number of ether oxygens (including phenoxy) is 2. The molecule has 0 aliphatic carbocycles. The Balaban J connectivity index is 1.82. The van der Waals surface area contributed by atoms with Crippen molar-refractivity contribution in [2.45, 2.75) is 12.3 Å². The number of benzene rings is 2. The van der Waals surface area contributed by atoms with Gasteiger partial charge in [-0.05, 0) is 17.2 Å². The van der Waals surface area contributed by atoms with Crippen molar-refractivity contribution >= 4 is 17.3 Å². The minimum atomic E-state index is -0.433. The van der Waals surface area contributed by atoms with Crippen molar-refractivity contribution in [3.05, 3.63) is 57.6 Å². The first kappa shape index (κ1) is 14.5. The zero-order chi connectivity index (χ0) is 16.7. The quantitative estimate of drug-likeness (QED) is 0.677. The van der Waals surface area contributed by atoms with Crippen molar-refractivity contribution in [3.8, 4) is 11.5 Å². The second kappa shape index (κ2) is 5.52. The summed E-state index contributed by atoms with van der Waals surface area (Å²) in [6.07, 6.45) is 0.230. The van der Waals surface area contributed by atoms with Crippen molar-refractivity contribution < 1.29 is 19.2 Å². The van der Waals surface area contributed by atoms with E-state index in [2.05, 4.69) is 5.32 Å². The van der Waals surface area contributed by atoms with Gasteiger partial charge in [0.25, 0.3) is 5.69 Å². The van der Waals surface area contributed by atoms with E-state index >= 15 is 0 Å². The van der Waals surface area contributed by atoms with Gasteiger partial charge < -0.3 is 14.8 Å². The first-order valence-electron chi connectivity index (χ1n) is 7.59. The lowest BCUT2D eigenvalue weighted by atomic mass is 9.84. The second-order valence-electron chi connectivity index (χ2n) is 5.74. The summed E-state index contributed by atoms with van der Waals surface area (Å²) < 4.78 is 11.2. The minimum absolute atomic E-state index is 0.0116. The number of hydrogen-bond donors (Lipinski definition) is 1.